The van der Waals surface area contributed by atoms with Gasteiger partial charge in [0, 0.05) is 0 Å². The highest BCUT2D eigenvalue weighted by atomic mass is 16.6. The largest absolute Gasteiger partial charge is 0.453 e. The Morgan fingerprint density at radius 3 is 1.60 bits per heavy atom. The van der Waals surface area contributed by atoms with E-state index in [-0.39, 0.29) is 26.4 Å². The van der Waals surface area contributed by atoms with Crippen molar-refractivity contribution in [2.45, 2.75) is 50.3 Å². The second-order valence-electron chi connectivity index (χ2n) is 10.2. The van der Waals surface area contributed by atoms with E-state index < -0.39 is 36.5 Å². The fraction of sp³-hybridized carbons (Fsp3) is 0.286. The van der Waals surface area contributed by atoms with E-state index in [0.29, 0.717) is 12.2 Å². The minimum atomic E-state index is -0.874. The molecule has 1 aliphatic rings. The highest BCUT2D eigenvalue weighted by Gasteiger charge is 2.49. The average Bonchev–Trinajstić information content (AvgIpc) is 3.05. The van der Waals surface area contributed by atoms with Crippen LogP contribution >= 0.6 is 0 Å². The molecule has 7 heteroatoms. The van der Waals surface area contributed by atoms with Gasteiger partial charge in [0.2, 0.25) is 0 Å². The van der Waals surface area contributed by atoms with Crippen LogP contribution in [0, 0.1) is 0 Å². The summed E-state index contributed by atoms with van der Waals surface area (Å²) in [6.45, 7) is 0.693. The molecule has 1 fully saturated rings. The third-order valence-electron chi connectivity index (χ3n) is 7.13. The van der Waals surface area contributed by atoms with Crippen molar-refractivity contribution in [3.63, 3.8) is 0 Å². The molecule has 1 N–H and O–H groups in total. The first-order valence-electron chi connectivity index (χ1n) is 14.2. The van der Waals surface area contributed by atoms with Gasteiger partial charge in [0.05, 0.1) is 38.6 Å². The number of aliphatic hydroxyl groups is 1. The molecule has 0 spiro atoms. The van der Waals surface area contributed by atoms with Gasteiger partial charge in [0.25, 0.3) is 0 Å². The lowest BCUT2D eigenvalue weighted by molar-refractivity contribution is -0.265. The van der Waals surface area contributed by atoms with Crippen LogP contribution in [-0.2, 0) is 43.5 Å². The van der Waals surface area contributed by atoms with Gasteiger partial charge >= 0.3 is 5.97 Å². The zero-order chi connectivity index (χ0) is 29.0. The van der Waals surface area contributed by atoms with E-state index in [4.69, 9.17) is 23.7 Å². The van der Waals surface area contributed by atoms with Crippen molar-refractivity contribution in [2.24, 2.45) is 0 Å². The standard InChI is InChI=1S/C35H36O7/c36-21-30-32(39-23-27-15-7-2-8-16-27)34(40-24-28-17-9-3-10-18-28)33(42-35(37)29-19-11-4-12-20-29)31(41-30)25-38-22-26-13-5-1-6-14-26/h1-20,30-34,36H,21-25H2/t30-,31+,32-,33+,34+/m0/s1. The maximum atomic E-state index is 13.3. The van der Waals surface area contributed by atoms with Crippen molar-refractivity contribution in [1.82, 2.24) is 0 Å². The van der Waals surface area contributed by atoms with Gasteiger partial charge in [-0.05, 0) is 28.8 Å². The molecular formula is C35H36O7. The van der Waals surface area contributed by atoms with Gasteiger partial charge in [0.15, 0.2) is 6.10 Å². The minimum absolute atomic E-state index is 0.120. The Morgan fingerprint density at radius 1 is 0.595 bits per heavy atom. The Balaban J connectivity index is 1.42. The SMILES string of the molecule is O=C(O[C@H]1[C@H](OCc2ccccc2)[C@@H](OCc2ccccc2)[C@H](CO)O[C@@H]1COCc1ccccc1)c1ccccc1. The molecule has 0 bridgehead atoms. The molecule has 0 saturated carbocycles. The second-order valence-corrected chi connectivity index (χ2v) is 10.2. The smallest absolute Gasteiger partial charge is 0.338 e. The molecule has 5 atom stereocenters. The van der Waals surface area contributed by atoms with Crippen LogP contribution in [0.4, 0.5) is 0 Å². The van der Waals surface area contributed by atoms with Crippen LogP contribution < -0.4 is 0 Å². The molecule has 218 valence electrons. The number of hydrogen-bond donors (Lipinski definition) is 1. The zero-order valence-electron chi connectivity index (χ0n) is 23.4. The number of hydrogen-bond acceptors (Lipinski definition) is 7. The van der Waals surface area contributed by atoms with Crippen molar-refractivity contribution in [2.75, 3.05) is 13.2 Å². The summed E-state index contributed by atoms with van der Waals surface area (Å²) < 4.78 is 31.4. The molecule has 0 amide bonds. The lowest BCUT2D eigenvalue weighted by Crippen LogP contribution is -2.62. The number of aliphatic hydroxyl groups excluding tert-OH is 1. The number of benzene rings is 4. The predicted octanol–water partition coefficient (Wildman–Crippen LogP) is 5.36. The first-order valence-corrected chi connectivity index (χ1v) is 14.2. The average molecular weight is 569 g/mol. The van der Waals surface area contributed by atoms with E-state index in [1.807, 2.05) is 97.1 Å². The Hall–Kier alpha value is -3.85. The van der Waals surface area contributed by atoms with E-state index in [1.54, 1.807) is 24.3 Å². The maximum absolute atomic E-state index is 13.3. The van der Waals surface area contributed by atoms with Crippen LogP contribution in [0.2, 0.25) is 0 Å². The van der Waals surface area contributed by atoms with Crippen molar-refractivity contribution >= 4 is 5.97 Å². The number of carbonyl (C=O) groups excluding carboxylic acids is 1. The molecule has 5 rings (SSSR count). The van der Waals surface area contributed by atoms with E-state index in [1.165, 1.54) is 0 Å². The summed E-state index contributed by atoms with van der Waals surface area (Å²) >= 11 is 0. The van der Waals surface area contributed by atoms with Gasteiger partial charge in [-0.3, -0.25) is 0 Å². The van der Waals surface area contributed by atoms with E-state index in [0.717, 1.165) is 16.7 Å². The Labute approximate surface area is 246 Å². The molecule has 0 aromatic heterocycles. The third kappa shape index (κ3) is 8.12. The number of rotatable bonds is 13. The van der Waals surface area contributed by atoms with Crippen molar-refractivity contribution < 1.29 is 33.6 Å². The van der Waals surface area contributed by atoms with E-state index >= 15 is 0 Å². The van der Waals surface area contributed by atoms with Gasteiger partial charge < -0.3 is 28.8 Å². The molecule has 0 unspecified atom stereocenters. The van der Waals surface area contributed by atoms with Crippen LogP contribution in [0.5, 0.6) is 0 Å². The second kappa shape index (κ2) is 15.4. The van der Waals surface area contributed by atoms with Gasteiger partial charge in [-0.25, -0.2) is 4.79 Å². The summed E-state index contributed by atoms with van der Waals surface area (Å²) in [5.74, 6) is -0.505. The number of carbonyl (C=O) groups is 1. The Bertz CT molecular complexity index is 1340. The molecule has 0 aliphatic carbocycles. The first kappa shape index (κ1) is 29.6. The molecule has 4 aromatic rings. The lowest BCUT2D eigenvalue weighted by Gasteiger charge is -2.45. The summed E-state index contributed by atoms with van der Waals surface area (Å²) in [6.07, 6.45) is -3.79. The topological polar surface area (TPSA) is 83.5 Å². The molecule has 0 radical (unpaired) electrons. The van der Waals surface area contributed by atoms with Crippen molar-refractivity contribution in [3.05, 3.63) is 144 Å². The highest BCUT2D eigenvalue weighted by Crippen LogP contribution is 2.31. The van der Waals surface area contributed by atoms with Gasteiger partial charge in [-0.15, -0.1) is 0 Å². The van der Waals surface area contributed by atoms with Crippen LogP contribution in [0.25, 0.3) is 0 Å². The first-order chi connectivity index (χ1) is 20.7. The van der Waals surface area contributed by atoms with E-state index in [9.17, 15) is 9.90 Å². The summed E-state index contributed by atoms with van der Waals surface area (Å²) in [7, 11) is 0. The number of esters is 1. The zero-order valence-corrected chi connectivity index (χ0v) is 23.4. The van der Waals surface area contributed by atoms with Crippen LogP contribution in [0.3, 0.4) is 0 Å². The van der Waals surface area contributed by atoms with Crippen LogP contribution in [-0.4, -0.2) is 54.8 Å². The van der Waals surface area contributed by atoms with Gasteiger partial charge in [-0.1, -0.05) is 109 Å². The Morgan fingerprint density at radius 2 is 1.07 bits per heavy atom. The minimum Gasteiger partial charge on any atom is -0.453 e. The van der Waals surface area contributed by atoms with Crippen molar-refractivity contribution in [1.29, 1.82) is 0 Å². The molecule has 42 heavy (non-hydrogen) atoms. The monoisotopic (exact) mass is 568 g/mol. The van der Waals surface area contributed by atoms with Crippen molar-refractivity contribution in [3.8, 4) is 0 Å². The number of ether oxygens (including phenoxy) is 5. The highest BCUT2D eigenvalue weighted by molar-refractivity contribution is 5.89. The summed E-state index contributed by atoms with van der Waals surface area (Å²) in [5.41, 5.74) is 3.33. The molecular weight excluding hydrogens is 532 g/mol. The quantitative estimate of drug-likeness (QED) is 0.218. The normalized spacial score (nSPS) is 22.0. The summed E-state index contributed by atoms with van der Waals surface area (Å²) in [6, 6.07) is 38.1. The molecule has 4 aromatic carbocycles. The predicted molar refractivity (Wildman–Crippen MR) is 158 cm³/mol. The van der Waals surface area contributed by atoms with Crippen LogP contribution in [0.1, 0.15) is 27.0 Å². The molecule has 1 saturated heterocycles. The summed E-state index contributed by atoms with van der Waals surface area (Å²) in [5, 5.41) is 10.4. The lowest BCUT2D eigenvalue weighted by atomic mass is 9.94. The molecule has 1 heterocycles. The molecule has 7 nitrogen and oxygen atoms in total. The van der Waals surface area contributed by atoms with Gasteiger partial charge in [0.1, 0.15) is 24.4 Å². The van der Waals surface area contributed by atoms with Gasteiger partial charge in [-0.2, -0.15) is 0 Å². The summed E-state index contributed by atoms with van der Waals surface area (Å²) in [4.78, 5) is 13.3. The van der Waals surface area contributed by atoms with E-state index in [2.05, 4.69) is 0 Å². The third-order valence-corrected chi connectivity index (χ3v) is 7.13. The fourth-order valence-electron chi connectivity index (χ4n) is 4.97. The molecule has 1 aliphatic heterocycles. The maximum Gasteiger partial charge on any atom is 0.338 e. The van der Waals surface area contributed by atoms with Crippen LogP contribution in [0.15, 0.2) is 121 Å². The Kier molecular flexibility index (Phi) is 10.9. The fourth-order valence-corrected chi connectivity index (χ4v) is 4.97.